The minimum atomic E-state index is 0.320. The SMILES string of the molecule is COc1ccccc1C1CCCN1Cc1nc(-c2ccc(C)cc2)no1. The lowest BCUT2D eigenvalue weighted by Gasteiger charge is -2.24. The average Bonchev–Trinajstić information content (AvgIpc) is 3.32. The molecule has 0 saturated carbocycles. The zero-order valence-electron chi connectivity index (χ0n) is 15.2. The molecular weight excluding hydrogens is 326 g/mol. The number of rotatable bonds is 5. The number of para-hydroxylation sites is 1. The quantitative estimate of drug-likeness (QED) is 0.684. The van der Waals surface area contributed by atoms with Crippen LogP contribution in [0.4, 0.5) is 0 Å². The Morgan fingerprint density at radius 2 is 1.96 bits per heavy atom. The minimum absolute atomic E-state index is 0.320. The van der Waals surface area contributed by atoms with E-state index in [-0.39, 0.29) is 0 Å². The van der Waals surface area contributed by atoms with E-state index in [0.29, 0.717) is 24.3 Å². The summed E-state index contributed by atoms with van der Waals surface area (Å²) in [4.78, 5) is 6.99. The fraction of sp³-hybridized carbons (Fsp3) is 0.333. The number of benzene rings is 2. The summed E-state index contributed by atoms with van der Waals surface area (Å²) in [6.45, 7) is 3.74. The second-order valence-corrected chi connectivity index (χ2v) is 6.75. The van der Waals surface area contributed by atoms with Crippen molar-refractivity contribution in [2.24, 2.45) is 0 Å². The lowest BCUT2D eigenvalue weighted by atomic mass is 10.0. The highest BCUT2D eigenvalue weighted by Crippen LogP contribution is 2.37. The van der Waals surface area contributed by atoms with Crippen LogP contribution in [0.5, 0.6) is 5.75 Å². The smallest absolute Gasteiger partial charge is 0.241 e. The molecule has 2 heterocycles. The Balaban J connectivity index is 1.52. The predicted molar refractivity (Wildman–Crippen MR) is 99.9 cm³/mol. The van der Waals surface area contributed by atoms with Gasteiger partial charge in [-0.2, -0.15) is 4.98 Å². The van der Waals surface area contributed by atoms with Crippen LogP contribution in [0.1, 0.15) is 35.9 Å². The number of aromatic nitrogens is 2. The normalized spacial score (nSPS) is 17.5. The molecule has 0 bridgehead atoms. The Bertz CT molecular complexity index is 873. The van der Waals surface area contributed by atoms with Crippen LogP contribution in [0.3, 0.4) is 0 Å². The van der Waals surface area contributed by atoms with Gasteiger partial charge in [-0.3, -0.25) is 4.90 Å². The summed E-state index contributed by atoms with van der Waals surface area (Å²) in [6, 6.07) is 16.7. The summed E-state index contributed by atoms with van der Waals surface area (Å²) in [6.07, 6.45) is 2.26. The maximum Gasteiger partial charge on any atom is 0.241 e. The molecule has 1 aliphatic rings. The number of likely N-dealkylation sites (tertiary alicyclic amines) is 1. The molecule has 1 unspecified atom stereocenters. The molecule has 3 aromatic rings. The zero-order valence-corrected chi connectivity index (χ0v) is 15.2. The molecule has 134 valence electrons. The van der Waals surface area contributed by atoms with Crippen LogP contribution < -0.4 is 4.74 Å². The molecule has 1 aromatic heterocycles. The number of ether oxygens (including phenoxy) is 1. The number of hydrogen-bond acceptors (Lipinski definition) is 5. The van der Waals surface area contributed by atoms with Crippen LogP contribution in [0.25, 0.3) is 11.4 Å². The van der Waals surface area contributed by atoms with Gasteiger partial charge in [0.15, 0.2) is 0 Å². The fourth-order valence-corrected chi connectivity index (χ4v) is 3.62. The highest BCUT2D eigenvalue weighted by atomic mass is 16.5. The molecule has 0 amide bonds. The molecule has 0 aliphatic carbocycles. The van der Waals surface area contributed by atoms with E-state index < -0.39 is 0 Å². The topological polar surface area (TPSA) is 51.4 Å². The second-order valence-electron chi connectivity index (χ2n) is 6.75. The van der Waals surface area contributed by atoms with Gasteiger partial charge in [0.2, 0.25) is 11.7 Å². The van der Waals surface area contributed by atoms with Crippen LogP contribution in [-0.2, 0) is 6.54 Å². The van der Waals surface area contributed by atoms with Crippen molar-refractivity contribution in [1.82, 2.24) is 15.0 Å². The molecule has 1 fully saturated rings. The van der Waals surface area contributed by atoms with E-state index in [0.717, 1.165) is 30.7 Å². The summed E-state index contributed by atoms with van der Waals surface area (Å²) >= 11 is 0. The Morgan fingerprint density at radius 1 is 1.15 bits per heavy atom. The maximum absolute atomic E-state index is 5.55. The largest absolute Gasteiger partial charge is 0.496 e. The van der Waals surface area contributed by atoms with Gasteiger partial charge in [0.1, 0.15) is 5.75 Å². The Labute approximate surface area is 153 Å². The van der Waals surface area contributed by atoms with Gasteiger partial charge in [0, 0.05) is 17.2 Å². The molecule has 2 aromatic carbocycles. The Morgan fingerprint density at radius 3 is 2.77 bits per heavy atom. The van der Waals surface area contributed by atoms with E-state index in [1.165, 1.54) is 11.1 Å². The van der Waals surface area contributed by atoms with Gasteiger partial charge in [-0.15, -0.1) is 0 Å². The van der Waals surface area contributed by atoms with Crippen molar-refractivity contribution in [1.29, 1.82) is 0 Å². The van der Waals surface area contributed by atoms with E-state index in [1.807, 2.05) is 24.3 Å². The first-order valence-corrected chi connectivity index (χ1v) is 9.01. The molecule has 1 saturated heterocycles. The fourth-order valence-electron chi connectivity index (χ4n) is 3.62. The number of aryl methyl sites for hydroxylation is 1. The molecular formula is C21H23N3O2. The highest BCUT2D eigenvalue weighted by Gasteiger charge is 2.29. The third-order valence-electron chi connectivity index (χ3n) is 4.98. The van der Waals surface area contributed by atoms with Crippen molar-refractivity contribution >= 4 is 0 Å². The predicted octanol–water partition coefficient (Wildman–Crippen LogP) is 4.39. The van der Waals surface area contributed by atoms with Crippen LogP contribution >= 0.6 is 0 Å². The first kappa shape index (κ1) is 16.8. The van der Waals surface area contributed by atoms with Crippen molar-refractivity contribution in [3.05, 3.63) is 65.5 Å². The van der Waals surface area contributed by atoms with Gasteiger partial charge >= 0.3 is 0 Å². The molecule has 1 atom stereocenters. The molecule has 5 heteroatoms. The second kappa shape index (κ2) is 7.30. The van der Waals surface area contributed by atoms with E-state index in [4.69, 9.17) is 9.26 Å². The van der Waals surface area contributed by atoms with E-state index in [1.54, 1.807) is 7.11 Å². The lowest BCUT2D eigenvalue weighted by Crippen LogP contribution is -2.23. The molecule has 0 spiro atoms. The third kappa shape index (κ3) is 3.35. The van der Waals surface area contributed by atoms with Crippen molar-refractivity contribution in [2.45, 2.75) is 32.4 Å². The molecule has 0 N–H and O–H groups in total. The summed E-state index contributed by atoms with van der Waals surface area (Å²) in [5.41, 5.74) is 3.42. The monoisotopic (exact) mass is 349 g/mol. The summed E-state index contributed by atoms with van der Waals surface area (Å²) < 4.78 is 11.1. The first-order chi connectivity index (χ1) is 12.7. The molecule has 1 aliphatic heterocycles. The maximum atomic E-state index is 5.55. The summed E-state index contributed by atoms with van der Waals surface area (Å²) in [7, 11) is 1.73. The van der Waals surface area contributed by atoms with Gasteiger partial charge in [0.25, 0.3) is 0 Å². The van der Waals surface area contributed by atoms with E-state index in [9.17, 15) is 0 Å². The average molecular weight is 349 g/mol. The van der Waals surface area contributed by atoms with Crippen molar-refractivity contribution in [3.63, 3.8) is 0 Å². The van der Waals surface area contributed by atoms with E-state index in [2.05, 4.69) is 46.2 Å². The van der Waals surface area contributed by atoms with Gasteiger partial charge in [-0.1, -0.05) is 53.2 Å². The van der Waals surface area contributed by atoms with Gasteiger partial charge in [-0.25, -0.2) is 0 Å². The third-order valence-corrected chi connectivity index (χ3v) is 4.98. The highest BCUT2D eigenvalue weighted by molar-refractivity contribution is 5.54. The Hall–Kier alpha value is -2.66. The van der Waals surface area contributed by atoms with E-state index >= 15 is 0 Å². The first-order valence-electron chi connectivity index (χ1n) is 9.01. The molecule has 5 nitrogen and oxygen atoms in total. The zero-order chi connectivity index (χ0) is 17.9. The Kier molecular flexibility index (Phi) is 4.71. The van der Waals surface area contributed by atoms with Gasteiger partial charge in [-0.05, 0) is 32.4 Å². The van der Waals surface area contributed by atoms with Crippen LogP contribution in [0.15, 0.2) is 53.1 Å². The number of methoxy groups -OCH3 is 1. The van der Waals surface area contributed by atoms with Crippen LogP contribution in [0, 0.1) is 6.92 Å². The van der Waals surface area contributed by atoms with Gasteiger partial charge in [0.05, 0.1) is 13.7 Å². The van der Waals surface area contributed by atoms with Crippen molar-refractivity contribution < 1.29 is 9.26 Å². The van der Waals surface area contributed by atoms with Crippen molar-refractivity contribution in [2.75, 3.05) is 13.7 Å². The minimum Gasteiger partial charge on any atom is -0.496 e. The molecule has 4 rings (SSSR count). The molecule has 0 radical (unpaired) electrons. The van der Waals surface area contributed by atoms with Gasteiger partial charge < -0.3 is 9.26 Å². The summed E-state index contributed by atoms with van der Waals surface area (Å²) in [5.74, 6) is 2.24. The standard InChI is InChI=1S/C21H23N3O2/c1-15-9-11-16(12-10-15)21-22-20(26-23-21)14-24-13-5-7-18(24)17-6-3-4-8-19(17)25-2/h3-4,6,8-12,18H,5,7,13-14H2,1-2H3. The number of hydrogen-bond donors (Lipinski definition) is 0. The van der Waals surface area contributed by atoms with Crippen LogP contribution in [0.2, 0.25) is 0 Å². The van der Waals surface area contributed by atoms with Crippen LogP contribution in [-0.4, -0.2) is 28.7 Å². The number of nitrogens with zero attached hydrogens (tertiary/aromatic N) is 3. The van der Waals surface area contributed by atoms with Crippen molar-refractivity contribution in [3.8, 4) is 17.1 Å². The molecule has 26 heavy (non-hydrogen) atoms. The lowest BCUT2D eigenvalue weighted by molar-refractivity contribution is 0.209. The summed E-state index contributed by atoms with van der Waals surface area (Å²) in [5, 5.41) is 4.15.